The molecule has 0 unspecified atom stereocenters. The van der Waals surface area contributed by atoms with E-state index in [-0.39, 0.29) is 128 Å². The number of hydrogen-bond acceptors (Lipinski definition) is 17. The van der Waals surface area contributed by atoms with Gasteiger partial charge in [-0.25, -0.2) is 9.59 Å². The summed E-state index contributed by atoms with van der Waals surface area (Å²) in [6.07, 6.45) is 14.1. The highest BCUT2D eigenvalue weighted by Crippen LogP contribution is 2.36. The molecule has 0 fully saturated rings. The monoisotopic (exact) mass is 1280 g/mol. The summed E-state index contributed by atoms with van der Waals surface area (Å²) >= 11 is 0. The van der Waals surface area contributed by atoms with Crippen LogP contribution in [0.25, 0.3) is 0 Å². The fourth-order valence-electron chi connectivity index (χ4n) is 10.0. The minimum Gasteiger partial charge on any atom is -0.454 e. The molecule has 0 radical (unpaired) electrons. The van der Waals surface area contributed by atoms with Crippen LogP contribution in [-0.4, -0.2) is 114 Å². The summed E-state index contributed by atoms with van der Waals surface area (Å²) in [6.45, 7) is 30.9. The molecule has 0 saturated heterocycles. The SMILES string of the molecule is CC(C)(C)CC[C@H](CC(=O)N[C@@H](CCC(=O)NCCCCCCCC(=O)C[C@@H](CCCCNC(=O)OC(C)(C)C)C(=O)N[C@@H](CCCCNC(=O)CCC(=O)c1ccc2c(c1)CCCC2)C(=O)C(=O)OC(C)(C)C)C(C)(C)C)C(C)(C)C.O=C=O.O=C=O.O=C=O. The van der Waals surface area contributed by atoms with E-state index in [0.29, 0.717) is 63.5 Å². The number of fused-ring (bicyclic) bond motifs is 1. The number of unbranched alkanes of at least 4 members (excludes halogenated alkanes) is 6. The number of carbonyl (C=O) groups is 9. The van der Waals surface area contributed by atoms with Crippen molar-refractivity contribution in [2.45, 2.75) is 281 Å². The topological polar surface area (TPSA) is 335 Å². The maximum Gasteiger partial charge on any atom is 0.407 e. The number of nitrogens with one attached hydrogen (secondary N) is 5. The highest BCUT2D eigenvalue weighted by atomic mass is 16.6. The molecule has 1 aromatic carbocycles. The molecule has 0 saturated carbocycles. The van der Waals surface area contributed by atoms with Gasteiger partial charge in [-0.1, -0.05) is 100 Å². The standard InChI is InChI=1S/C66H111N5O11.3CO2/c1-62(2,3)39-38-50(63(4,5)6)45-57(76)71-54(64(7,8)9)35-37-56(75)67-40-24-18-16-17-19-30-51(72)44-49(29-22-25-42-69-61(80)82-66(13,14)15)59(78)70-52(58(77)60(79)81-65(10,11)12)31-23-26-41-68-55(74)36-34-53(73)48-33-32-46-27-20-21-28-47(46)43-48;3*2-1-3/h32-33,43,49-50,52,54H,16-31,34-42,44-45H2,1-15H3,(H,67,75)(H,68,74)(H,69,80)(H,70,78)(H,71,76);;;/t49-,50-,52+,54+;;;/m1.../s1. The van der Waals surface area contributed by atoms with E-state index >= 15 is 0 Å². The first-order valence-corrected chi connectivity index (χ1v) is 32.3. The fourth-order valence-corrected chi connectivity index (χ4v) is 10.0. The lowest BCUT2D eigenvalue weighted by molar-refractivity contribution is -0.193. The summed E-state index contributed by atoms with van der Waals surface area (Å²) in [7, 11) is 0. The van der Waals surface area contributed by atoms with Gasteiger partial charge in [0, 0.05) is 75.7 Å². The van der Waals surface area contributed by atoms with E-state index in [1.807, 2.05) is 18.2 Å². The maximum atomic E-state index is 14.1. The Morgan fingerprint density at radius 3 is 1.54 bits per heavy atom. The predicted molar refractivity (Wildman–Crippen MR) is 340 cm³/mol. The van der Waals surface area contributed by atoms with Crippen molar-refractivity contribution >= 4 is 71.5 Å². The van der Waals surface area contributed by atoms with Gasteiger partial charge in [0.05, 0.1) is 6.04 Å². The van der Waals surface area contributed by atoms with Crippen molar-refractivity contribution in [3.8, 4) is 0 Å². The smallest absolute Gasteiger partial charge is 0.407 e. The molecule has 0 bridgehead atoms. The van der Waals surface area contributed by atoms with Gasteiger partial charge in [0.2, 0.25) is 23.6 Å². The first kappa shape index (κ1) is 86.1. The van der Waals surface area contributed by atoms with Gasteiger partial charge in [-0.2, -0.15) is 28.8 Å². The third-order valence-electron chi connectivity index (χ3n) is 15.1. The van der Waals surface area contributed by atoms with Crippen molar-refractivity contribution in [3.63, 3.8) is 0 Å². The molecule has 4 atom stereocenters. The zero-order valence-electron chi connectivity index (χ0n) is 57.6. The minimum absolute atomic E-state index is 0.00135. The second-order valence-corrected chi connectivity index (χ2v) is 28.8. The van der Waals surface area contributed by atoms with Crippen LogP contribution in [0.3, 0.4) is 0 Å². The molecule has 91 heavy (non-hydrogen) atoms. The molecule has 22 heteroatoms. The number of Topliss-reactive ketones (excluding diaryl/α,β-unsaturated/α-hetero) is 3. The minimum atomic E-state index is -1.24. The number of benzene rings is 1. The molecular formula is C69H111N5O17. The van der Waals surface area contributed by atoms with E-state index in [0.717, 1.165) is 64.2 Å². The van der Waals surface area contributed by atoms with Crippen LogP contribution < -0.4 is 26.6 Å². The number of esters is 1. The highest BCUT2D eigenvalue weighted by Gasteiger charge is 2.34. The Kier molecular flexibility index (Phi) is 42.8. The molecule has 0 heterocycles. The molecule has 22 nitrogen and oxygen atoms in total. The first-order chi connectivity index (χ1) is 42.3. The first-order valence-electron chi connectivity index (χ1n) is 32.3. The van der Waals surface area contributed by atoms with Gasteiger partial charge in [0.25, 0.3) is 5.78 Å². The molecule has 1 aliphatic carbocycles. The lowest BCUT2D eigenvalue weighted by Gasteiger charge is -2.35. The van der Waals surface area contributed by atoms with Crippen LogP contribution >= 0.6 is 0 Å². The number of ketones is 3. The van der Waals surface area contributed by atoms with Crippen molar-refractivity contribution in [1.29, 1.82) is 0 Å². The van der Waals surface area contributed by atoms with Crippen molar-refractivity contribution in [2.24, 2.45) is 28.1 Å². The Labute approximate surface area is 541 Å². The molecule has 514 valence electrons. The van der Waals surface area contributed by atoms with Gasteiger partial charge in [-0.15, -0.1) is 0 Å². The summed E-state index contributed by atoms with van der Waals surface area (Å²) in [5.74, 6) is -3.58. The molecule has 5 N–H and O–H groups in total. The van der Waals surface area contributed by atoms with Gasteiger partial charge < -0.3 is 36.1 Å². The average Bonchev–Trinajstić information content (AvgIpc) is 2.13. The van der Waals surface area contributed by atoms with Gasteiger partial charge in [-0.05, 0) is 171 Å². The van der Waals surface area contributed by atoms with E-state index in [1.165, 1.54) is 11.1 Å². The van der Waals surface area contributed by atoms with E-state index in [2.05, 4.69) is 88.9 Å². The van der Waals surface area contributed by atoms with Crippen LogP contribution in [0.4, 0.5) is 4.79 Å². The van der Waals surface area contributed by atoms with Crippen molar-refractivity contribution in [3.05, 3.63) is 34.9 Å². The Balaban J connectivity index is 0. The molecular weight excluding hydrogens is 1170 g/mol. The fraction of sp³-hybridized carbons (Fsp3) is 0.739. The van der Waals surface area contributed by atoms with Crippen LogP contribution in [0.2, 0.25) is 0 Å². The molecule has 2 rings (SSSR count). The number of aryl methyl sites for hydroxylation is 2. The van der Waals surface area contributed by atoms with Crippen molar-refractivity contribution < 1.29 is 81.4 Å². The van der Waals surface area contributed by atoms with Crippen LogP contribution in [-0.2, 0) is 84.6 Å². The average molecular weight is 1280 g/mol. The van der Waals surface area contributed by atoms with Crippen molar-refractivity contribution in [1.82, 2.24) is 26.6 Å². The summed E-state index contributed by atoms with van der Waals surface area (Å²) in [5, 5.41) is 14.7. The van der Waals surface area contributed by atoms with Gasteiger partial charge in [-0.3, -0.25) is 33.6 Å². The molecule has 0 aliphatic heterocycles. The van der Waals surface area contributed by atoms with Crippen LogP contribution in [0.15, 0.2) is 18.2 Å². The third-order valence-corrected chi connectivity index (χ3v) is 15.1. The molecule has 1 aromatic rings. The number of carbonyl (C=O) groups excluding carboxylic acids is 15. The lowest BCUT2D eigenvalue weighted by Crippen LogP contribution is -2.48. The Morgan fingerprint density at radius 2 is 1.00 bits per heavy atom. The number of ether oxygens (including phenoxy) is 2. The van der Waals surface area contributed by atoms with Gasteiger partial charge in [0.15, 0.2) is 5.78 Å². The maximum absolute atomic E-state index is 14.1. The summed E-state index contributed by atoms with van der Waals surface area (Å²) in [6, 6.07) is 4.43. The quantitative estimate of drug-likeness (QED) is 0.0180. The second kappa shape index (κ2) is 45.3. The predicted octanol–water partition coefficient (Wildman–Crippen LogP) is 10.4. The van der Waals surface area contributed by atoms with E-state index < -0.39 is 46.9 Å². The Bertz CT molecular complexity index is 2500. The van der Waals surface area contributed by atoms with Crippen LogP contribution in [0, 0.1) is 28.1 Å². The summed E-state index contributed by atoms with van der Waals surface area (Å²) in [4.78, 5) is 167. The Hall–Kier alpha value is -7.01. The van der Waals surface area contributed by atoms with E-state index in [4.69, 9.17) is 38.2 Å². The van der Waals surface area contributed by atoms with Crippen LogP contribution in [0.5, 0.6) is 0 Å². The lowest BCUT2D eigenvalue weighted by atomic mass is 9.73. The number of amides is 5. The normalized spacial score (nSPS) is 13.3. The highest BCUT2D eigenvalue weighted by molar-refractivity contribution is 6.36. The largest absolute Gasteiger partial charge is 0.454 e. The van der Waals surface area contributed by atoms with Gasteiger partial charge >= 0.3 is 30.5 Å². The number of rotatable bonds is 36. The zero-order chi connectivity index (χ0) is 70.0. The van der Waals surface area contributed by atoms with Crippen LogP contribution in [0.1, 0.15) is 267 Å². The number of alkyl carbamates (subject to hydrolysis) is 1. The number of hydrogen-bond donors (Lipinski definition) is 5. The molecule has 0 spiro atoms. The van der Waals surface area contributed by atoms with Gasteiger partial charge in [0.1, 0.15) is 17.0 Å². The zero-order valence-corrected chi connectivity index (χ0v) is 57.6. The third kappa shape index (κ3) is 45.0. The molecule has 1 aliphatic rings. The summed E-state index contributed by atoms with van der Waals surface area (Å²) < 4.78 is 10.7. The summed E-state index contributed by atoms with van der Waals surface area (Å²) in [5.41, 5.74) is 1.45. The van der Waals surface area contributed by atoms with E-state index in [9.17, 15) is 43.2 Å². The molecule has 0 aromatic heterocycles. The Morgan fingerprint density at radius 1 is 0.495 bits per heavy atom. The second-order valence-electron chi connectivity index (χ2n) is 28.8. The van der Waals surface area contributed by atoms with E-state index in [1.54, 1.807) is 41.5 Å². The molecule has 5 amide bonds. The van der Waals surface area contributed by atoms with Crippen molar-refractivity contribution in [2.75, 3.05) is 19.6 Å².